The molecule has 0 amide bonds. The molecular weight excluding hydrogens is 168 g/mol. The molecule has 0 bridgehead atoms. The van der Waals surface area contributed by atoms with Crippen LogP contribution in [0.2, 0.25) is 0 Å². The Balaban J connectivity index is 2.10. The van der Waals surface area contributed by atoms with Crippen LogP contribution in [-0.2, 0) is 14.3 Å². The van der Waals surface area contributed by atoms with E-state index in [4.69, 9.17) is 4.74 Å². The molecule has 1 fully saturated rings. The van der Waals surface area contributed by atoms with Gasteiger partial charge >= 0.3 is 5.97 Å². The molecule has 0 unspecified atom stereocenters. The maximum absolute atomic E-state index is 10.6. The molecule has 0 saturated heterocycles. The van der Waals surface area contributed by atoms with Gasteiger partial charge in [0.2, 0.25) is 0 Å². The summed E-state index contributed by atoms with van der Waals surface area (Å²) in [5.41, 5.74) is 0. The van der Waals surface area contributed by atoms with Gasteiger partial charge in [-0.2, -0.15) is 0 Å². The van der Waals surface area contributed by atoms with E-state index in [1.54, 1.807) is 0 Å². The van der Waals surface area contributed by atoms with Gasteiger partial charge in [0.15, 0.2) is 0 Å². The summed E-state index contributed by atoms with van der Waals surface area (Å²) < 4.78 is 9.77. The van der Waals surface area contributed by atoms with Gasteiger partial charge < -0.3 is 9.47 Å². The zero-order chi connectivity index (χ0) is 9.52. The minimum absolute atomic E-state index is 0.333. The molecule has 0 aliphatic heterocycles. The zero-order valence-electron chi connectivity index (χ0n) is 7.84. The van der Waals surface area contributed by atoms with Crippen LogP contribution in [0.15, 0.2) is 0 Å². The predicted octanol–water partition coefficient (Wildman–Crippen LogP) is 1.12. The Kier molecular flexibility index (Phi) is 4.34. The average molecular weight is 182 g/mol. The van der Waals surface area contributed by atoms with E-state index in [1.165, 1.54) is 20.0 Å². The van der Waals surface area contributed by atoms with Crippen molar-refractivity contribution in [2.45, 2.75) is 31.8 Å². The summed E-state index contributed by atoms with van der Waals surface area (Å²) >= 11 is 0. The molecular formula is C10H14O3. The van der Waals surface area contributed by atoms with Gasteiger partial charge in [0.25, 0.3) is 0 Å². The fraction of sp³-hybridized carbons (Fsp3) is 0.700. The van der Waals surface area contributed by atoms with Crippen LogP contribution >= 0.6 is 0 Å². The van der Waals surface area contributed by atoms with Gasteiger partial charge in [0.1, 0.15) is 6.61 Å². The topological polar surface area (TPSA) is 35.5 Å². The molecule has 0 spiro atoms. The molecule has 0 aromatic heterocycles. The third-order valence-electron chi connectivity index (χ3n) is 2.07. The number of esters is 1. The largest absolute Gasteiger partial charge is 0.459 e. The van der Waals surface area contributed by atoms with Crippen molar-refractivity contribution in [2.75, 3.05) is 13.7 Å². The number of ether oxygens (including phenoxy) is 2. The normalized spacial score (nSPS) is 16.4. The van der Waals surface area contributed by atoms with Gasteiger partial charge in [-0.1, -0.05) is 18.8 Å². The minimum Gasteiger partial charge on any atom is -0.459 e. The maximum Gasteiger partial charge on any atom is 0.384 e. The van der Waals surface area contributed by atoms with E-state index in [1.807, 2.05) is 0 Å². The highest BCUT2D eigenvalue weighted by Gasteiger charge is 2.14. The van der Waals surface area contributed by atoms with E-state index in [-0.39, 0.29) is 0 Å². The van der Waals surface area contributed by atoms with Gasteiger partial charge in [0, 0.05) is 5.92 Å². The van der Waals surface area contributed by atoms with Crippen molar-refractivity contribution in [3.63, 3.8) is 0 Å². The lowest BCUT2D eigenvalue weighted by molar-refractivity contribution is -0.133. The molecule has 0 N–H and O–H groups in total. The first-order valence-electron chi connectivity index (χ1n) is 4.51. The van der Waals surface area contributed by atoms with E-state index in [0.29, 0.717) is 12.7 Å². The van der Waals surface area contributed by atoms with Crippen LogP contribution in [0.25, 0.3) is 0 Å². The smallest absolute Gasteiger partial charge is 0.384 e. The number of hydrogen-bond donors (Lipinski definition) is 0. The van der Waals surface area contributed by atoms with Gasteiger partial charge in [-0.15, -0.1) is 0 Å². The van der Waals surface area contributed by atoms with Crippen LogP contribution < -0.4 is 0 Å². The molecule has 1 aliphatic carbocycles. The summed E-state index contributed by atoms with van der Waals surface area (Å²) in [6.07, 6.45) is 5.09. The molecule has 0 aromatic rings. The van der Waals surface area contributed by atoms with Crippen molar-refractivity contribution < 1.29 is 14.3 Å². The molecule has 0 radical (unpaired) electrons. The Labute approximate surface area is 78.4 Å². The minimum atomic E-state index is -0.505. The Morgan fingerprint density at radius 3 is 2.77 bits per heavy atom. The second-order valence-electron chi connectivity index (χ2n) is 3.01. The van der Waals surface area contributed by atoms with Crippen molar-refractivity contribution in [1.82, 2.24) is 0 Å². The molecule has 13 heavy (non-hydrogen) atoms. The number of carbonyl (C=O) groups is 1. The quantitative estimate of drug-likeness (QED) is 0.365. The second kappa shape index (κ2) is 5.60. The molecule has 3 nitrogen and oxygen atoms in total. The molecule has 1 saturated carbocycles. The fourth-order valence-corrected chi connectivity index (χ4v) is 1.37. The summed E-state index contributed by atoms with van der Waals surface area (Å²) in [5.74, 6) is 4.43. The molecule has 0 aromatic carbocycles. The van der Waals surface area contributed by atoms with E-state index in [2.05, 4.69) is 16.6 Å². The number of hydrogen-bond acceptors (Lipinski definition) is 3. The third-order valence-corrected chi connectivity index (χ3v) is 2.07. The zero-order valence-corrected chi connectivity index (χ0v) is 7.84. The first-order valence-corrected chi connectivity index (χ1v) is 4.51. The standard InChI is InChI=1S/C10H14O3/c1-12-10(11)7-4-8-13-9-5-2-3-6-9/h9H,2-3,5-6,8H2,1H3. The lowest BCUT2D eigenvalue weighted by Gasteiger charge is -2.06. The Bertz CT molecular complexity index is 218. The predicted molar refractivity (Wildman–Crippen MR) is 48.0 cm³/mol. The van der Waals surface area contributed by atoms with Crippen LogP contribution in [0.5, 0.6) is 0 Å². The molecule has 3 heteroatoms. The van der Waals surface area contributed by atoms with Crippen LogP contribution in [0, 0.1) is 11.8 Å². The molecule has 0 atom stereocenters. The Morgan fingerprint density at radius 2 is 2.15 bits per heavy atom. The summed E-state index contributed by atoms with van der Waals surface area (Å²) in [6.45, 7) is 0.333. The highest BCUT2D eigenvalue weighted by atomic mass is 16.5. The lowest BCUT2D eigenvalue weighted by atomic mass is 10.3. The first-order chi connectivity index (χ1) is 6.33. The maximum atomic E-state index is 10.6. The molecule has 0 heterocycles. The van der Waals surface area contributed by atoms with E-state index in [0.717, 1.165) is 12.8 Å². The number of rotatable bonds is 2. The fourth-order valence-electron chi connectivity index (χ4n) is 1.37. The molecule has 72 valence electrons. The SMILES string of the molecule is COC(=O)C#CCOC1CCCC1. The van der Waals surface area contributed by atoms with Crippen LogP contribution in [0.4, 0.5) is 0 Å². The summed E-state index contributed by atoms with van der Waals surface area (Å²) in [5, 5.41) is 0. The number of methoxy groups -OCH3 is 1. The molecule has 1 rings (SSSR count). The van der Waals surface area contributed by atoms with E-state index >= 15 is 0 Å². The molecule has 1 aliphatic rings. The highest BCUT2D eigenvalue weighted by molar-refractivity contribution is 5.88. The van der Waals surface area contributed by atoms with Crippen molar-refractivity contribution in [3.05, 3.63) is 0 Å². The van der Waals surface area contributed by atoms with Gasteiger partial charge in [-0.3, -0.25) is 0 Å². The van der Waals surface area contributed by atoms with Crippen LogP contribution in [-0.4, -0.2) is 25.8 Å². The van der Waals surface area contributed by atoms with Crippen molar-refractivity contribution in [2.24, 2.45) is 0 Å². The van der Waals surface area contributed by atoms with E-state index < -0.39 is 5.97 Å². The summed E-state index contributed by atoms with van der Waals surface area (Å²) in [4.78, 5) is 10.6. The highest BCUT2D eigenvalue weighted by Crippen LogP contribution is 2.20. The van der Waals surface area contributed by atoms with Crippen molar-refractivity contribution in [3.8, 4) is 11.8 Å². The van der Waals surface area contributed by atoms with Crippen LogP contribution in [0.1, 0.15) is 25.7 Å². The summed E-state index contributed by atoms with van der Waals surface area (Å²) in [6, 6.07) is 0. The Morgan fingerprint density at radius 1 is 1.46 bits per heavy atom. The number of carbonyl (C=O) groups excluding carboxylic acids is 1. The van der Waals surface area contributed by atoms with Gasteiger partial charge in [-0.05, 0) is 12.8 Å². The summed E-state index contributed by atoms with van der Waals surface area (Å²) in [7, 11) is 1.31. The lowest BCUT2D eigenvalue weighted by Crippen LogP contribution is -2.07. The van der Waals surface area contributed by atoms with Crippen LogP contribution in [0.3, 0.4) is 0 Å². The van der Waals surface area contributed by atoms with E-state index in [9.17, 15) is 4.79 Å². The van der Waals surface area contributed by atoms with Crippen molar-refractivity contribution in [1.29, 1.82) is 0 Å². The van der Waals surface area contributed by atoms with Gasteiger partial charge in [-0.25, -0.2) is 4.79 Å². The first kappa shape index (κ1) is 10.1. The second-order valence-corrected chi connectivity index (χ2v) is 3.01. The van der Waals surface area contributed by atoms with Gasteiger partial charge in [0.05, 0.1) is 13.2 Å². The average Bonchev–Trinajstić information content (AvgIpc) is 2.64. The Hall–Kier alpha value is -1.01. The monoisotopic (exact) mass is 182 g/mol. The van der Waals surface area contributed by atoms with Crippen molar-refractivity contribution >= 4 is 5.97 Å². The third kappa shape index (κ3) is 3.95.